The monoisotopic (exact) mass is 386 g/mol. The first-order chi connectivity index (χ1) is 12.9. The van der Waals surface area contributed by atoms with Gasteiger partial charge in [-0.15, -0.1) is 0 Å². The molecular weight excluding hydrogens is 360 g/mol. The van der Waals surface area contributed by atoms with Crippen molar-refractivity contribution in [3.05, 3.63) is 70.7 Å². The van der Waals surface area contributed by atoms with Crippen LogP contribution in [0.2, 0.25) is 5.02 Å². The second-order valence-electron chi connectivity index (χ2n) is 6.95. The second-order valence-corrected chi connectivity index (χ2v) is 7.39. The molecule has 2 rings (SSSR count). The van der Waals surface area contributed by atoms with Crippen molar-refractivity contribution < 1.29 is 9.59 Å². The first-order valence-electron chi connectivity index (χ1n) is 9.29. The number of benzene rings is 2. The Morgan fingerprint density at radius 1 is 1.04 bits per heavy atom. The molecule has 0 saturated heterocycles. The Bertz CT molecular complexity index is 745. The average molecular weight is 387 g/mol. The van der Waals surface area contributed by atoms with Crippen molar-refractivity contribution in [3.63, 3.8) is 0 Å². The van der Waals surface area contributed by atoms with Crippen LogP contribution in [-0.2, 0) is 16.1 Å². The number of nitrogens with zero attached hydrogens (tertiary/aromatic N) is 1. The third-order valence-corrected chi connectivity index (χ3v) is 4.50. The topological polar surface area (TPSA) is 49.4 Å². The third-order valence-electron chi connectivity index (χ3n) is 4.25. The van der Waals surface area contributed by atoms with E-state index in [0.29, 0.717) is 30.5 Å². The average Bonchev–Trinajstić information content (AvgIpc) is 2.67. The maximum Gasteiger partial charge on any atom is 0.247 e. The molecule has 1 unspecified atom stereocenters. The number of rotatable bonds is 8. The van der Waals surface area contributed by atoms with Gasteiger partial charge in [0.2, 0.25) is 11.8 Å². The Hall–Kier alpha value is -2.33. The van der Waals surface area contributed by atoms with Crippen LogP contribution in [0.3, 0.4) is 0 Å². The normalized spacial score (nSPS) is 11.9. The Morgan fingerprint density at radius 3 is 2.22 bits per heavy atom. The Kier molecular flexibility index (Phi) is 7.86. The molecule has 0 saturated carbocycles. The molecule has 0 heterocycles. The lowest BCUT2D eigenvalue weighted by molar-refractivity contribution is -0.141. The quantitative estimate of drug-likeness (QED) is 0.721. The van der Waals surface area contributed by atoms with Crippen LogP contribution in [0, 0.1) is 5.92 Å². The van der Waals surface area contributed by atoms with E-state index < -0.39 is 6.04 Å². The van der Waals surface area contributed by atoms with Gasteiger partial charge in [-0.2, -0.15) is 0 Å². The first-order valence-corrected chi connectivity index (χ1v) is 9.66. The van der Waals surface area contributed by atoms with Gasteiger partial charge < -0.3 is 10.2 Å². The van der Waals surface area contributed by atoms with Gasteiger partial charge in [0.1, 0.15) is 6.04 Å². The number of hydrogen-bond acceptors (Lipinski definition) is 2. The molecule has 0 aliphatic rings. The smallest absolute Gasteiger partial charge is 0.247 e. The summed E-state index contributed by atoms with van der Waals surface area (Å²) >= 11 is 5.97. The zero-order chi connectivity index (χ0) is 19.8. The molecule has 2 amide bonds. The van der Waals surface area contributed by atoms with Crippen LogP contribution < -0.4 is 5.32 Å². The van der Waals surface area contributed by atoms with Crippen LogP contribution in [0.1, 0.15) is 44.4 Å². The van der Waals surface area contributed by atoms with Gasteiger partial charge in [0.15, 0.2) is 0 Å². The number of hydrogen-bond donors (Lipinski definition) is 1. The molecular formula is C22H27ClN2O2. The van der Waals surface area contributed by atoms with E-state index in [9.17, 15) is 9.59 Å². The van der Waals surface area contributed by atoms with Gasteiger partial charge in [-0.1, -0.05) is 74.8 Å². The van der Waals surface area contributed by atoms with Crippen molar-refractivity contribution in [1.29, 1.82) is 0 Å². The fourth-order valence-electron chi connectivity index (χ4n) is 2.82. The summed E-state index contributed by atoms with van der Waals surface area (Å²) in [6.45, 7) is 6.81. The summed E-state index contributed by atoms with van der Waals surface area (Å²) in [5.74, 6) is 0.0983. The fraction of sp³-hybridized carbons (Fsp3) is 0.364. The van der Waals surface area contributed by atoms with Crippen molar-refractivity contribution >= 4 is 23.4 Å². The molecule has 1 atom stereocenters. The minimum atomic E-state index is -0.673. The van der Waals surface area contributed by atoms with E-state index in [-0.39, 0.29) is 11.8 Å². The highest BCUT2D eigenvalue weighted by atomic mass is 35.5. The Morgan fingerprint density at radius 2 is 1.67 bits per heavy atom. The molecule has 0 bridgehead atoms. The van der Waals surface area contributed by atoms with Crippen molar-refractivity contribution in [2.75, 3.05) is 6.54 Å². The van der Waals surface area contributed by atoms with Gasteiger partial charge in [-0.05, 0) is 29.2 Å². The summed E-state index contributed by atoms with van der Waals surface area (Å²) < 4.78 is 0. The van der Waals surface area contributed by atoms with Crippen LogP contribution >= 0.6 is 11.6 Å². The van der Waals surface area contributed by atoms with Gasteiger partial charge in [-0.3, -0.25) is 9.59 Å². The lowest BCUT2D eigenvalue weighted by Crippen LogP contribution is -2.44. The highest BCUT2D eigenvalue weighted by molar-refractivity contribution is 6.30. The van der Waals surface area contributed by atoms with Crippen molar-refractivity contribution in [3.8, 4) is 0 Å². The number of halogens is 1. The highest BCUT2D eigenvalue weighted by Gasteiger charge is 2.30. The molecule has 4 nitrogen and oxygen atoms in total. The molecule has 1 N–H and O–H groups in total. The predicted molar refractivity (Wildman–Crippen MR) is 109 cm³/mol. The maximum atomic E-state index is 13.0. The lowest BCUT2D eigenvalue weighted by Gasteiger charge is -2.31. The van der Waals surface area contributed by atoms with Crippen LogP contribution in [0.15, 0.2) is 54.6 Å². The number of amides is 2. The predicted octanol–water partition coefficient (Wildman–Crippen LogP) is 4.59. The zero-order valence-corrected chi connectivity index (χ0v) is 16.9. The van der Waals surface area contributed by atoms with E-state index in [2.05, 4.69) is 5.32 Å². The zero-order valence-electron chi connectivity index (χ0n) is 16.1. The van der Waals surface area contributed by atoms with Gasteiger partial charge >= 0.3 is 0 Å². The molecule has 2 aromatic carbocycles. The summed E-state index contributed by atoms with van der Waals surface area (Å²) in [5.41, 5.74) is 1.73. The van der Waals surface area contributed by atoms with E-state index >= 15 is 0 Å². The molecule has 0 spiro atoms. The van der Waals surface area contributed by atoms with Gasteiger partial charge in [0, 0.05) is 24.5 Å². The van der Waals surface area contributed by atoms with Crippen LogP contribution in [0.5, 0.6) is 0 Å². The molecule has 144 valence electrons. The molecule has 0 aromatic heterocycles. The van der Waals surface area contributed by atoms with Crippen molar-refractivity contribution in [1.82, 2.24) is 10.2 Å². The van der Waals surface area contributed by atoms with Gasteiger partial charge in [0.05, 0.1) is 0 Å². The largest absolute Gasteiger partial charge is 0.354 e. The molecule has 27 heavy (non-hydrogen) atoms. The fourth-order valence-corrected chi connectivity index (χ4v) is 2.95. The summed E-state index contributed by atoms with van der Waals surface area (Å²) in [5, 5.41) is 3.62. The van der Waals surface area contributed by atoms with Crippen molar-refractivity contribution in [2.24, 2.45) is 5.92 Å². The van der Waals surface area contributed by atoms with E-state index in [4.69, 9.17) is 11.6 Å². The molecule has 0 fully saturated rings. The SMILES string of the molecule is CCC(=O)N(Cc1ccc(Cl)cc1)C(C(=O)NCC(C)C)c1ccccc1. The Labute approximate surface area is 166 Å². The van der Waals surface area contributed by atoms with Crippen LogP contribution in [0.25, 0.3) is 0 Å². The minimum Gasteiger partial charge on any atom is -0.354 e. The first kappa shape index (κ1) is 21.0. The van der Waals surface area contributed by atoms with Gasteiger partial charge in [-0.25, -0.2) is 0 Å². The summed E-state index contributed by atoms with van der Waals surface area (Å²) in [6.07, 6.45) is 0.328. The number of nitrogens with one attached hydrogen (secondary N) is 1. The van der Waals surface area contributed by atoms with Gasteiger partial charge in [0.25, 0.3) is 0 Å². The van der Waals surface area contributed by atoms with Crippen LogP contribution in [0.4, 0.5) is 0 Å². The van der Waals surface area contributed by atoms with Crippen molar-refractivity contribution in [2.45, 2.75) is 39.8 Å². The number of carbonyl (C=O) groups is 2. The van der Waals surface area contributed by atoms with Crippen LogP contribution in [-0.4, -0.2) is 23.3 Å². The lowest BCUT2D eigenvalue weighted by atomic mass is 10.0. The molecule has 2 aromatic rings. The Balaban J connectivity index is 2.37. The highest BCUT2D eigenvalue weighted by Crippen LogP contribution is 2.25. The van der Waals surface area contributed by atoms with E-state index in [1.165, 1.54) is 0 Å². The number of carbonyl (C=O) groups excluding carboxylic acids is 2. The van der Waals surface area contributed by atoms with E-state index in [0.717, 1.165) is 11.1 Å². The molecule has 0 aliphatic heterocycles. The summed E-state index contributed by atoms with van der Waals surface area (Å²) in [4.78, 5) is 27.4. The molecule has 5 heteroatoms. The molecule has 0 aliphatic carbocycles. The maximum absolute atomic E-state index is 13.0. The standard InChI is InChI=1S/C22H27ClN2O2/c1-4-20(26)25(15-17-10-12-19(23)13-11-17)21(18-8-6-5-7-9-18)22(27)24-14-16(2)3/h5-13,16,21H,4,14-15H2,1-3H3,(H,24,27). The molecule has 0 radical (unpaired) electrons. The minimum absolute atomic E-state index is 0.0708. The summed E-state index contributed by atoms with van der Waals surface area (Å²) in [6, 6.07) is 16.1. The van der Waals surface area contributed by atoms with E-state index in [1.807, 2.05) is 63.2 Å². The van der Waals surface area contributed by atoms with E-state index in [1.54, 1.807) is 17.0 Å². The second kappa shape index (κ2) is 10.1. The summed E-state index contributed by atoms with van der Waals surface area (Å²) in [7, 11) is 0. The third kappa shape index (κ3) is 6.10.